The standard InChI is InChI=1S/C20H16N6O3/c1-11-18-14(12-6-8-13(9-7-12)26(28)29)10-17(27)23-19(18)25(24-11)20-21-15-4-2-3-5-16(15)22-20/h2-9,14H,10H2,1H3,(H,21,22)(H,23,27)/t14-/m1/s1. The average Bonchev–Trinajstić information content (AvgIpc) is 3.28. The molecule has 0 spiro atoms. The molecule has 144 valence electrons. The molecule has 1 aliphatic heterocycles. The number of para-hydroxylation sites is 2. The Balaban J connectivity index is 1.63. The van der Waals surface area contributed by atoms with Gasteiger partial charge in [-0.05, 0) is 24.6 Å². The number of rotatable bonds is 3. The molecule has 9 heteroatoms. The summed E-state index contributed by atoms with van der Waals surface area (Å²) in [5, 5.41) is 18.5. The summed E-state index contributed by atoms with van der Waals surface area (Å²) in [6, 6.07) is 14.0. The van der Waals surface area contributed by atoms with Crippen LogP contribution in [0, 0.1) is 17.0 Å². The van der Waals surface area contributed by atoms with Crippen LogP contribution in [0.3, 0.4) is 0 Å². The molecule has 0 aliphatic carbocycles. The van der Waals surface area contributed by atoms with E-state index in [0.717, 1.165) is 27.9 Å². The number of carbonyl (C=O) groups excluding carboxylic acids is 1. The minimum Gasteiger partial charge on any atom is -0.322 e. The number of benzene rings is 2. The minimum absolute atomic E-state index is 0.0175. The molecule has 0 radical (unpaired) electrons. The summed E-state index contributed by atoms with van der Waals surface area (Å²) in [6.45, 7) is 1.88. The first-order chi connectivity index (χ1) is 14.0. The summed E-state index contributed by atoms with van der Waals surface area (Å²) < 4.78 is 1.61. The zero-order valence-corrected chi connectivity index (χ0v) is 15.4. The SMILES string of the molecule is Cc1nn(-c2nc3ccccc3[nH]2)c2c1[C@@H](c1ccc([N+](=O)[O-])cc1)CC(=O)N2. The number of hydrogen-bond donors (Lipinski definition) is 2. The molecule has 4 aromatic rings. The Morgan fingerprint density at radius 2 is 1.93 bits per heavy atom. The lowest BCUT2D eigenvalue weighted by Crippen LogP contribution is -2.25. The molecule has 5 rings (SSSR count). The second kappa shape index (κ2) is 6.26. The molecule has 2 aromatic carbocycles. The number of fused-ring (bicyclic) bond motifs is 2. The van der Waals surface area contributed by atoms with Crippen molar-refractivity contribution in [1.82, 2.24) is 19.7 Å². The van der Waals surface area contributed by atoms with Gasteiger partial charge in [0.25, 0.3) is 5.69 Å². The van der Waals surface area contributed by atoms with Crippen molar-refractivity contribution >= 4 is 28.4 Å². The largest absolute Gasteiger partial charge is 0.322 e. The number of hydrogen-bond acceptors (Lipinski definition) is 5. The number of non-ortho nitro benzene ring substituents is 1. The van der Waals surface area contributed by atoms with E-state index in [1.165, 1.54) is 12.1 Å². The molecule has 9 nitrogen and oxygen atoms in total. The van der Waals surface area contributed by atoms with E-state index in [4.69, 9.17) is 0 Å². The summed E-state index contributed by atoms with van der Waals surface area (Å²) in [5.74, 6) is 0.706. The Morgan fingerprint density at radius 1 is 1.17 bits per heavy atom. The Hall–Kier alpha value is -4.01. The molecule has 1 aliphatic rings. The third kappa shape index (κ3) is 2.75. The van der Waals surface area contributed by atoms with Crippen LogP contribution >= 0.6 is 0 Å². The molecule has 0 saturated heterocycles. The van der Waals surface area contributed by atoms with Gasteiger partial charge in [-0.3, -0.25) is 14.9 Å². The van der Waals surface area contributed by atoms with E-state index in [1.54, 1.807) is 16.8 Å². The lowest BCUT2D eigenvalue weighted by atomic mass is 9.86. The van der Waals surface area contributed by atoms with E-state index in [2.05, 4.69) is 20.4 Å². The fraction of sp³-hybridized carbons (Fsp3) is 0.150. The van der Waals surface area contributed by atoms with Gasteiger partial charge in [-0.15, -0.1) is 0 Å². The van der Waals surface area contributed by atoms with Crippen LogP contribution in [0.4, 0.5) is 11.5 Å². The van der Waals surface area contributed by atoms with Crippen LogP contribution in [0.5, 0.6) is 0 Å². The summed E-state index contributed by atoms with van der Waals surface area (Å²) in [7, 11) is 0. The van der Waals surface area contributed by atoms with Crippen molar-refractivity contribution in [1.29, 1.82) is 0 Å². The summed E-state index contributed by atoms with van der Waals surface area (Å²) in [5.41, 5.74) is 4.18. The number of nitrogens with one attached hydrogen (secondary N) is 2. The van der Waals surface area contributed by atoms with Crippen LogP contribution in [0.2, 0.25) is 0 Å². The number of anilines is 1. The highest BCUT2D eigenvalue weighted by Crippen LogP contribution is 2.40. The fourth-order valence-corrected chi connectivity index (χ4v) is 3.85. The smallest absolute Gasteiger partial charge is 0.269 e. The molecule has 0 unspecified atom stereocenters. The second-order valence-electron chi connectivity index (χ2n) is 6.99. The zero-order valence-electron chi connectivity index (χ0n) is 15.4. The molecule has 0 saturated carbocycles. The molecule has 3 heterocycles. The van der Waals surface area contributed by atoms with Gasteiger partial charge in [0.2, 0.25) is 11.9 Å². The number of aromatic amines is 1. The quantitative estimate of drug-likeness (QED) is 0.412. The highest BCUT2D eigenvalue weighted by molar-refractivity contribution is 5.95. The summed E-state index contributed by atoms with van der Waals surface area (Å²) in [6.07, 6.45) is 0.247. The third-order valence-corrected chi connectivity index (χ3v) is 5.19. The van der Waals surface area contributed by atoms with E-state index in [1.807, 2.05) is 31.2 Å². The normalized spacial score (nSPS) is 15.9. The molecule has 2 N–H and O–H groups in total. The predicted molar refractivity (Wildman–Crippen MR) is 106 cm³/mol. The van der Waals surface area contributed by atoms with Crippen molar-refractivity contribution in [3.8, 4) is 5.95 Å². The van der Waals surface area contributed by atoms with Crippen molar-refractivity contribution in [2.24, 2.45) is 0 Å². The maximum atomic E-state index is 12.5. The van der Waals surface area contributed by atoms with Gasteiger partial charge < -0.3 is 10.3 Å². The monoisotopic (exact) mass is 388 g/mol. The number of amides is 1. The van der Waals surface area contributed by atoms with Crippen molar-refractivity contribution in [2.45, 2.75) is 19.3 Å². The molecule has 29 heavy (non-hydrogen) atoms. The number of aromatic nitrogens is 4. The molecule has 0 fully saturated rings. The second-order valence-corrected chi connectivity index (χ2v) is 6.99. The van der Waals surface area contributed by atoms with Gasteiger partial charge in [0.15, 0.2) is 0 Å². The van der Waals surface area contributed by atoms with Crippen LogP contribution in [-0.4, -0.2) is 30.6 Å². The number of nitro benzene ring substituents is 1. The topological polar surface area (TPSA) is 119 Å². The lowest BCUT2D eigenvalue weighted by Gasteiger charge is -2.24. The van der Waals surface area contributed by atoms with Crippen LogP contribution < -0.4 is 5.32 Å². The van der Waals surface area contributed by atoms with Gasteiger partial charge in [-0.1, -0.05) is 24.3 Å². The summed E-state index contributed by atoms with van der Waals surface area (Å²) in [4.78, 5) is 30.8. The van der Waals surface area contributed by atoms with Crippen LogP contribution in [0.15, 0.2) is 48.5 Å². The maximum absolute atomic E-state index is 12.5. The van der Waals surface area contributed by atoms with Gasteiger partial charge in [-0.2, -0.15) is 9.78 Å². The number of aryl methyl sites for hydroxylation is 1. The van der Waals surface area contributed by atoms with Gasteiger partial charge in [0.1, 0.15) is 5.82 Å². The van der Waals surface area contributed by atoms with Crippen LogP contribution in [0.25, 0.3) is 17.0 Å². The molecule has 0 bridgehead atoms. The van der Waals surface area contributed by atoms with Gasteiger partial charge >= 0.3 is 0 Å². The van der Waals surface area contributed by atoms with E-state index in [9.17, 15) is 14.9 Å². The first-order valence-electron chi connectivity index (χ1n) is 9.10. The Morgan fingerprint density at radius 3 is 2.66 bits per heavy atom. The highest BCUT2D eigenvalue weighted by atomic mass is 16.6. The number of carbonyl (C=O) groups is 1. The molecule has 1 amide bonds. The number of nitrogens with zero attached hydrogens (tertiary/aromatic N) is 4. The van der Waals surface area contributed by atoms with Crippen molar-refractivity contribution < 1.29 is 9.72 Å². The number of nitro groups is 1. The molecule has 1 atom stereocenters. The molecular formula is C20H16N6O3. The Kier molecular flexibility index (Phi) is 3.70. The average molecular weight is 388 g/mol. The summed E-state index contributed by atoms with van der Waals surface area (Å²) >= 11 is 0. The van der Waals surface area contributed by atoms with Gasteiger partial charge in [0.05, 0.1) is 21.7 Å². The third-order valence-electron chi connectivity index (χ3n) is 5.19. The zero-order chi connectivity index (χ0) is 20.1. The maximum Gasteiger partial charge on any atom is 0.269 e. The first kappa shape index (κ1) is 17.1. The van der Waals surface area contributed by atoms with Crippen LogP contribution in [0.1, 0.15) is 29.2 Å². The van der Waals surface area contributed by atoms with E-state index < -0.39 is 4.92 Å². The highest BCUT2D eigenvalue weighted by Gasteiger charge is 2.33. The first-order valence-corrected chi connectivity index (χ1v) is 9.10. The van der Waals surface area contributed by atoms with E-state index in [-0.39, 0.29) is 23.9 Å². The van der Waals surface area contributed by atoms with Crippen molar-refractivity contribution in [3.63, 3.8) is 0 Å². The predicted octanol–water partition coefficient (Wildman–Crippen LogP) is 3.44. The number of H-pyrrole nitrogens is 1. The Labute approximate surface area is 164 Å². The number of imidazole rings is 1. The van der Waals surface area contributed by atoms with E-state index in [0.29, 0.717) is 11.8 Å². The minimum atomic E-state index is -0.437. The Bertz CT molecular complexity index is 1240. The molecule has 2 aromatic heterocycles. The van der Waals surface area contributed by atoms with Crippen molar-refractivity contribution in [3.05, 3.63) is 75.5 Å². The van der Waals surface area contributed by atoms with Crippen LogP contribution in [-0.2, 0) is 4.79 Å². The fourth-order valence-electron chi connectivity index (χ4n) is 3.85. The van der Waals surface area contributed by atoms with Gasteiger partial charge in [-0.25, -0.2) is 4.98 Å². The van der Waals surface area contributed by atoms with Crippen molar-refractivity contribution in [2.75, 3.05) is 5.32 Å². The lowest BCUT2D eigenvalue weighted by molar-refractivity contribution is -0.384. The van der Waals surface area contributed by atoms with Gasteiger partial charge in [0, 0.05) is 30.0 Å². The van der Waals surface area contributed by atoms with E-state index >= 15 is 0 Å². The molecular weight excluding hydrogens is 372 g/mol.